The van der Waals surface area contributed by atoms with Gasteiger partial charge in [0.25, 0.3) is 0 Å². The molecule has 0 unspecified atom stereocenters. The van der Waals surface area contributed by atoms with Crippen molar-refractivity contribution < 1.29 is 4.92 Å². The van der Waals surface area contributed by atoms with Crippen LogP contribution in [0.25, 0.3) is 0 Å². The highest BCUT2D eigenvalue weighted by atomic mass is 16.6. The number of nitrogen functional groups attached to an aromatic ring is 1. The number of hydrogen-bond acceptors (Lipinski definition) is 7. The number of hydrazine groups is 1. The van der Waals surface area contributed by atoms with Crippen LogP contribution < -0.4 is 16.2 Å². The summed E-state index contributed by atoms with van der Waals surface area (Å²) in [5.74, 6) is 5.91. The van der Waals surface area contributed by atoms with Gasteiger partial charge in [-0.1, -0.05) is 0 Å². The van der Waals surface area contributed by atoms with E-state index in [9.17, 15) is 10.1 Å². The van der Waals surface area contributed by atoms with Crippen molar-refractivity contribution in [3.05, 3.63) is 52.3 Å². The molecule has 0 atom stereocenters. The van der Waals surface area contributed by atoms with Crippen molar-refractivity contribution in [2.75, 3.05) is 17.4 Å². The van der Waals surface area contributed by atoms with Crippen LogP contribution in [0.1, 0.15) is 5.56 Å². The van der Waals surface area contributed by atoms with Crippen molar-refractivity contribution in [3.8, 4) is 0 Å². The molecule has 0 aromatic carbocycles. The lowest BCUT2D eigenvalue weighted by molar-refractivity contribution is -0.384. The van der Waals surface area contributed by atoms with Crippen LogP contribution in [0.15, 0.2) is 36.7 Å². The lowest BCUT2D eigenvalue weighted by atomic mass is 10.2. The number of nitro groups is 1. The molecule has 104 valence electrons. The molecule has 2 aromatic heterocycles. The zero-order valence-electron chi connectivity index (χ0n) is 10.9. The van der Waals surface area contributed by atoms with Crippen molar-refractivity contribution in [2.45, 2.75) is 6.54 Å². The maximum Gasteiger partial charge on any atom is 0.311 e. The van der Waals surface area contributed by atoms with Gasteiger partial charge in [0.05, 0.1) is 4.92 Å². The number of anilines is 2. The molecule has 0 saturated heterocycles. The predicted octanol–water partition coefficient (Wildman–Crippen LogP) is 1.31. The van der Waals surface area contributed by atoms with Crippen LogP contribution in [-0.4, -0.2) is 21.9 Å². The van der Waals surface area contributed by atoms with Gasteiger partial charge >= 0.3 is 5.69 Å². The van der Waals surface area contributed by atoms with Gasteiger partial charge in [-0.3, -0.25) is 15.1 Å². The van der Waals surface area contributed by atoms with Crippen LogP contribution in [0.5, 0.6) is 0 Å². The quantitative estimate of drug-likeness (QED) is 0.480. The fourth-order valence-corrected chi connectivity index (χ4v) is 1.78. The summed E-state index contributed by atoms with van der Waals surface area (Å²) in [7, 11) is 1.73. The lowest BCUT2D eigenvalue weighted by Crippen LogP contribution is -2.20. The largest absolute Gasteiger partial charge is 0.350 e. The van der Waals surface area contributed by atoms with Crippen molar-refractivity contribution in [1.29, 1.82) is 0 Å². The Labute approximate surface area is 115 Å². The molecule has 8 nitrogen and oxygen atoms in total. The molecular weight excluding hydrogens is 260 g/mol. The molecular formula is C12H14N6O2. The first kappa shape index (κ1) is 13.7. The monoisotopic (exact) mass is 274 g/mol. The van der Waals surface area contributed by atoms with Gasteiger partial charge in [0.2, 0.25) is 5.82 Å². The summed E-state index contributed by atoms with van der Waals surface area (Å²) in [6.07, 6.45) is 3.34. The van der Waals surface area contributed by atoms with Gasteiger partial charge < -0.3 is 10.3 Å². The Morgan fingerprint density at radius 2 is 2.05 bits per heavy atom. The number of aromatic nitrogens is 2. The van der Waals surface area contributed by atoms with Gasteiger partial charge in [-0.05, 0) is 23.8 Å². The van der Waals surface area contributed by atoms with Crippen LogP contribution in [0.3, 0.4) is 0 Å². The lowest BCUT2D eigenvalue weighted by Gasteiger charge is -2.18. The van der Waals surface area contributed by atoms with Crippen molar-refractivity contribution >= 4 is 17.3 Å². The van der Waals surface area contributed by atoms with Gasteiger partial charge in [0.15, 0.2) is 0 Å². The van der Waals surface area contributed by atoms with Crippen molar-refractivity contribution in [2.24, 2.45) is 5.84 Å². The minimum absolute atomic E-state index is 0.0689. The smallest absolute Gasteiger partial charge is 0.311 e. The Kier molecular flexibility index (Phi) is 4.06. The minimum atomic E-state index is -0.467. The van der Waals surface area contributed by atoms with E-state index in [0.717, 1.165) is 5.56 Å². The van der Waals surface area contributed by atoms with Crippen molar-refractivity contribution in [3.63, 3.8) is 0 Å². The van der Waals surface area contributed by atoms with E-state index < -0.39 is 4.92 Å². The second-order valence-electron chi connectivity index (χ2n) is 4.15. The first-order chi connectivity index (χ1) is 9.61. The maximum absolute atomic E-state index is 11.1. The molecule has 0 aliphatic rings. The van der Waals surface area contributed by atoms with E-state index >= 15 is 0 Å². The first-order valence-electron chi connectivity index (χ1n) is 5.84. The molecule has 0 bridgehead atoms. The molecule has 0 spiro atoms. The second-order valence-corrected chi connectivity index (χ2v) is 4.15. The summed E-state index contributed by atoms with van der Waals surface area (Å²) >= 11 is 0. The molecule has 3 N–H and O–H groups in total. The number of nitrogens with two attached hydrogens (primary N) is 1. The number of pyridine rings is 2. The number of rotatable bonds is 5. The van der Waals surface area contributed by atoms with E-state index in [1.165, 1.54) is 12.1 Å². The SMILES string of the molecule is CN(Cc1ccncc1)c1nc(NN)ccc1[N+](=O)[O-]. The van der Waals surface area contributed by atoms with Gasteiger partial charge in [-0.15, -0.1) is 0 Å². The molecule has 2 aromatic rings. The molecule has 0 aliphatic carbocycles. The average molecular weight is 274 g/mol. The molecule has 0 amide bonds. The van der Waals surface area contributed by atoms with Crippen LogP contribution in [0.2, 0.25) is 0 Å². The second kappa shape index (κ2) is 5.93. The number of hydrogen-bond donors (Lipinski definition) is 2. The normalized spacial score (nSPS) is 10.1. The van der Waals surface area contributed by atoms with Gasteiger partial charge in [-0.25, -0.2) is 10.8 Å². The Morgan fingerprint density at radius 3 is 2.65 bits per heavy atom. The topological polar surface area (TPSA) is 110 Å². The third-order valence-corrected chi connectivity index (χ3v) is 2.73. The molecule has 0 saturated carbocycles. The number of nitrogens with one attached hydrogen (secondary N) is 1. The van der Waals surface area contributed by atoms with Gasteiger partial charge in [-0.2, -0.15) is 0 Å². The third kappa shape index (κ3) is 2.98. The zero-order valence-corrected chi connectivity index (χ0v) is 10.9. The third-order valence-electron chi connectivity index (χ3n) is 2.73. The Hall–Kier alpha value is -2.74. The maximum atomic E-state index is 11.1. The van der Waals surface area contributed by atoms with E-state index in [1.807, 2.05) is 12.1 Å². The van der Waals surface area contributed by atoms with Gasteiger partial charge in [0.1, 0.15) is 5.82 Å². The molecule has 20 heavy (non-hydrogen) atoms. The summed E-state index contributed by atoms with van der Waals surface area (Å²) < 4.78 is 0. The summed E-state index contributed by atoms with van der Waals surface area (Å²) in [5.41, 5.74) is 3.29. The fourth-order valence-electron chi connectivity index (χ4n) is 1.78. The standard InChI is InChI=1S/C12H14N6O2/c1-17(8-9-4-6-14-7-5-9)12-10(18(19)20)2-3-11(15-12)16-13/h2-7H,8,13H2,1H3,(H,15,16). The summed E-state index contributed by atoms with van der Waals surface area (Å²) in [6, 6.07) is 6.52. The van der Waals surface area contributed by atoms with Crippen LogP contribution >= 0.6 is 0 Å². The Bertz CT molecular complexity index is 604. The minimum Gasteiger partial charge on any atom is -0.350 e. The summed E-state index contributed by atoms with van der Waals surface area (Å²) in [6.45, 7) is 0.477. The van der Waals surface area contributed by atoms with E-state index in [0.29, 0.717) is 12.4 Å². The highest BCUT2D eigenvalue weighted by molar-refractivity contribution is 5.61. The van der Waals surface area contributed by atoms with E-state index in [4.69, 9.17) is 5.84 Å². The van der Waals surface area contributed by atoms with E-state index in [2.05, 4.69) is 15.4 Å². The Balaban J connectivity index is 2.32. The molecule has 2 heterocycles. The predicted molar refractivity (Wildman–Crippen MR) is 75.0 cm³/mol. The van der Waals surface area contributed by atoms with E-state index in [1.54, 1.807) is 24.3 Å². The first-order valence-corrected chi connectivity index (χ1v) is 5.84. The molecule has 2 rings (SSSR count). The highest BCUT2D eigenvalue weighted by Crippen LogP contribution is 2.27. The van der Waals surface area contributed by atoms with Gasteiger partial charge in [0, 0.05) is 32.1 Å². The molecule has 0 fully saturated rings. The molecule has 0 aliphatic heterocycles. The molecule has 0 radical (unpaired) electrons. The summed E-state index contributed by atoms with van der Waals surface area (Å²) in [5, 5.41) is 11.1. The Morgan fingerprint density at radius 1 is 1.35 bits per heavy atom. The van der Waals surface area contributed by atoms with Crippen LogP contribution in [0, 0.1) is 10.1 Å². The van der Waals surface area contributed by atoms with Crippen molar-refractivity contribution in [1.82, 2.24) is 9.97 Å². The van der Waals surface area contributed by atoms with Crippen LogP contribution in [0.4, 0.5) is 17.3 Å². The molecule has 8 heteroatoms. The zero-order chi connectivity index (χ0) is 14.5. The highest BCUT2D eigenvalue weighted by Gasteiger charge is 2.19. The number of nitrogens with zero attached hydrogens (tertiary/aromatic N) is 4. The average Bonchev–Trinajstić information content (AvgIpc) is 2.47. The van der Waals surface area contributed by atoms with E-state index in [-0.39, 0.29) is 11.5 Å². The van der Waals surface area contributed by atoms with Crippen LogP contribution in [-0.2, 0) is 6.54 Å². The fraction of sp³-hybridized carbons (Fsp3) is 0.167. The summed E-state index contributed by atoms with van der Waals surface area (Å²) in [4.78, 5) is 20.3.